The predicted molar refractivity (Wildman–Crippen MR) is 104 cm³/mol. The van der Waals surface area contributed by atoms with Crippen LogP contribution in [0.5, 0.6) is 0 Å². The van der Waals surface area contributed by atoms with Crippen molar-refractivity contribution in [3.8, 4) is 6.07 Å². The van der Waals surface area contributed by atoms with Gasteiger partial charge in [-0.2, -0.15) is 5.26 Å². The Morgan fingerprint density at radius 2 is 2.19 bits per heavy atom. The smallest absolute Gasteiger partial charge is 0.303 e. The number of aliphatic hydroxyl groups excluding tert-OH is 2. The van der Waals surface area contributed by atoms with E-state index in [4.69, 9.17) is 5.11 Å². The molecule has 3 aliphatic rings. The Kier molecular flexibility index (Phi) is 6.61. The Hall–Kier alpha value is -1.36. The first-order valence-electron chi connectivity index (χ1n) is 9.84. The molecule has 3 N–H and O–H groups in total. The summed E-state index contributed by atoms with van der Waals surface area (Å²) in [6.45, 7) is 0. The summed E-state index contributed by atoms with van der Waals surface area (Å²) < 4.78 is 0. The van der Waals surface area contributed by atoms with Crippen LogP contribution >= 0.6 is 11.8 Å². The molecule has 3 rings (SSSR count). The lowest BCUT2D eigenvalue weighted by Crippen LogP contribution is -2.27. The number of hydrogen-bond acceptors (Lipinski definition) is 6. The highest BCUT2D eigenvalue weighted by Crippen LogP contribution is 2.50. The molecule has 0 aromatic carbocycles. The van der Waals surface area contributed by atoms with E-state index in [0.717, 1.165) is 30.7 Å². The van der Waals surface area contributed by atoms with Crippen molar-refractivity contribution in [2.45, 2.75) is 69.1 Å². The SMILES string of the molecule is N#CC12CC(O)C(C=CC(O)C3CCCC3)C1CC(SCCCC(=O)O)=N2. The molecule has 2 aliphatic carbocycles. The van der Waals surface area contributed by atoms with E-state index in [1.54, 1.807) is 0 Å². The molecule has 0 aromatic heterocycles. The molecule has 1 aliphatic heterocycles. The van der Waals surface area contributed by atoms with Gasteiger partial charge in [-0.05, 0) is 30.9 Å². The van der Waals surface area contributed by atoms with E-state index in [-0.39, 0.29) is 18.3 Å². The number of carboxylic acid groups (broad SMARTS) is 1. The largest absolute Gasteiger partial charge is 0.481 e. The van der Waals surface area contributed by atoms with Gasteiger partial charge in [0.15, 0.2) is 5.54 Å². The molecule has 0 amide bonds. The Morgan fingerprint density at radius 1 is 1.44 bits per heavy atom. The third kappa shape index (κ3) is 4.56. The lowest BCUT2D eigenvalue weighted by atomic mass is 9.84. The zero-order valence-electron chi connectivity index (χ0n) is 15.5. The van der Waals surface area contributed by atoms with Gasteiger partial charge in [0.1, 0.15) is 0 Å². The molecule has 0 bridgehead atoms. The van der Waals surface area contributed by atoms with Gasteiger partial charge in [0, 0.05) is 31.1 Å². The Bertz CT molecular complexity index is 653. The maximum absolute atomic E-state index is 10.6. The normalized spacial score (nSPS) is 34.6. The second kappa shape index (κ2) is 8.76. The lowest BCUT2D eigenvalue weighted by molar-refractivity contribution is -0.137. The number of aliphatic carboxylic acids is 1. The fourth-order valence-corrected chi connectivity index (χ4v) is 5.75. The molecular formula is C20H28N2O4S. The van der Waals surface area contributed by atoms with E-state index in [9.17, 15) is 20.3 Å². The fourth-order valence-electron chi connectivity index (χ4n) is 4.70. The molecule has 1 heterocycles. The van der Waals surface area contributed by atoms with Crippen LogP contribution in [0.15, 0.2) is 17.1 Å². The third-order valence-electron chi connectivity index (χ3n) is 6.17. The van der Waals surface area contributed by atoms with Gasteiger partial charge in [-0.15, -0.1) is 11.8 Å². The molecular weight excluding hydrogens is 364 g/mol. The zero-order valence-corrected chi connectivity index (χ0v) is 16.3. The van der Waals surface area contributed by atoms with Crippen LogP contribution in [0.25, 0.3) is 0 Å². The molecule has 0 aromatic rings. The van der Waals surface area contributed by atoms with E-state index in [2.05, 4.69) is 11.1 Å². The van der Waals surface area contributed by atoms with Gasteiger partial charge in [-0.1, -0.05) is 25.0 Å². The molecule has 0 spiro atoms. The fraction of sp³-hybridized carbons (Fsp3) is 0.750. The maximum Gasteiger partial charge on any atom is 0.303 e. The van der Waals surface area contributed by atoms with Crippen molar-refractivity contribution < 1.29 is 20.1 Å². The molecule has 5 atom stereocenters. The quantitative estimate of drug-likeness (QED) is 0.453. The number of carbonyl (C=O) groups is 1. The molecule has 27 heavy (non-hydrogen) atoms. The predicted octanol–water partition coefficient (Wildman–Crippen LogP) is 2.75. The number of fused-ring (bicyclic) bond motifs is 1. The van der Waals surface area contributed by atoms with Crippen LogP contribution in [0.3, 0.4) is 0 Å². The molecule has 148 valence electrons. The molecule has 5 unspecified atom stereocenters. The highest BCUT2D eigenvalue weighted by Gasteiger charge is 2.56. The third-order valence-corrected chi connectivity index (χ3v) is 7.26. The van der Waals surface area contributed by atoms with Crippen molar-refractivity contribution in [1.82, 2.24) is 0 Å². The summed E-state index contributed by atoms with van der Waals surface area (Å²) in [7, 11) is 0. The van der Waals surface area contributed by atoms with Crippen molar-refractivity contribution >= 4 is 22.8 Å². The highest BCUT2D eigenvalue weighted by molar-refractivity contribution is 8.13. The van der Waals surface area contributed by atoms with Gasteiger partial charge in [0.2, 0.25) is 0 Å². The van der Waals surface area contributed by atoms with Gasteiger partial charge in [-0.3, -0.25) is 9.79 Å². The van der Waals surface area contributed by atoms with Gasteiger partial charge in [0.25, 0.3) is 0 Å². The highest BCUT2D eigenvalue weighted by atomic mass is 32.2. The van der Waals surface area contributed by atoms with Crippen LogP contribution in [-0.4, -0.2) is 49.8 Å². The van der Waals surface area contributed by atoms with Crippen molar-refractivity contribution in [2.75, 3.05) is 5.75 Å². The first-order valence-corrected chi connectivity index (χ1v) is 10.8. The summed E-state index contributed by atoms with van der Waals surface area (Å²) in [4.78, 5) is 15.3. The van der Waals surface area contributed by atoms with Crippen molar-refractivity contribution in [2.24, 2.45) is 22.7 Å². The number of thioether (sulfide) groups is 1. The van der Waals surface area contributed by atoms with Crippen LogP contribution in [-0.2, 0) is 4.79 Å². The number of carboxylic acids is 1. The van der Waals surface area contributed by atoms with Gasteiger partial charge in [0.05, 0.1) is 23.3 Å². The number of hydrogen-bond donors (Lipinski definition) is 3. The van der Waals surface area contributed by atoms with Crippen molar-refractivity contribution in [3.05, 3.63) is 12.2 Å². The molecule has 2 fully saturated rings. The number of aliphatic hydroxyl groups is 2. The summed E-state index contributed by atoms with van der Waals surface area (Å²) in [5, 5.41) is 40.2. The van der Waals surface area contributed by atoms with E-state index in [1.165, 1.54) is 11.8 Å². The topological polar surface area (TPSA) is 114 Å². The second-order valence-corrected chi connectivity index (χ2v) is 9.13. The van der Waals surface area contributed by atoms with Crippen LogP contribution in [0.2, 0.25) is 0 Å². The van der Waals surface area contributed by atoms with Crippen LogP contribution in [0.4, 0.5) is 0 Å². The van der Waals surface area contributed by atoms with E-state index < -0.39 is 23.7 Å². The summed E-state index contributed by atoms with van der Waals surface area (Å²) in [5.41, 5.74) is -0.887. The number of nitrogens with zero attached hydrogens (tertiary/aromatic N) is 2. The summed E-state index contributed by atoms with van der Waals surface area (Å²) in [6, 6.07) is 2.33. The van der Waals surface area contributed by atoms with Crippen LogP contribution in [0.1, 0.15) is 51.4 Å². The van der Waals surface area contributed by atoms with Crippen molar-refractivity contribution in [1.29, 1.82) is 5.26 Å². The lowest BCUT2D eigenvalue weighted by Gasteiger charge is -2.21. The minimum absolute atomic E-state index is 0.0773. The Labute approximate surface area is 164 Å². The minimum atomic E-state index is -0.887. The molecule has 6 nitrogen and oxygen atoms in total. The van der Waals surface area contributed by atoms with Crippen molar-refractivity contribution in [3.63, 3.8) is 0 Å². The first kappa shape index (κ1) is 20.4. The summed E-state index contributed by atoms with van der Waals surface area (Å²) in [5.74, 6) is -0.0831. The molecule has 0 radical (unpaired) electrons. The number of aliphatic imine (C=N–C) groups is 1. The maximum atomic E-state index is 10.6. The first-order chi connectivity index (χ1) is 12.9. The monoisotopic (exact) mass is 392 g/mol. The Balaban J connectivity index is 1.62. The second-order valence-electron chi connectivity index (χ2n) is 7.97. The number of rotatable bonds is 7. The average Bonchev–Trinajstić information content (AvgIpc) is 3.32. The van der Waals surface area contributed by atoms with Crippen LogP contribution in [0, 0.1) is 29.1 Å². The van der Waals surface area contributed by atoms with E-state index in [1.807, 2.05) is 12.2 Å². The molecule has 7 heteroatoms. The summed E-state index contributed by atoms with van der Waals surface area (Å²) >= 11 is 1.53. The number of nitriles is 1. The van der Waals surface area contributed by atoms with Gasteiger partial charge >= 0.3 is 5.97 Å². The Morgan fingerprint density at radius 3 is 2.85 bits per heavy atom. The van der Waals surface area contributed by atoms with Crippen LogP contribution < -0.4 is 0 Å². The van der Waals surface area contributed by atoms with E-state index in [0.29, 0.717) is 30.9 Å². The molecule has 2 saturated carbocycles. The van der Waals surface area contributed by atoms with E-state index >= 15 is 0 Å². The van der Waals surface area contributed by atoms with Gasteiger partial charge in [-0.25, -0.2) is 0 Å². The van der Waals surface area contributed by atoms with Gasteiger partial charge < -0.3 is 15.3 Å². The standard InChI is InChI=1S/C20H28N2O4S/c21-12-20-11-17(24)14(7-8-16(23)13-4-1-2-5-13)15(20)10-18(22-20)27-9-3-6-19(25)26/h7-8,13-17,23-24H,1-6,9-11H2,(H,25,26). The average molecular weight is 393 g/mol. The molecule has 0 saturated heterocycles. The minimum Gasteiger partial charge on any atom is -0.481 e. The summed E-state index contributed by atoms with van der Waals surface area (Å²) in [6.07, 6.45) is 8.71. The zero-order chi connectivity index (χ0) is 19.4.